The molecule has 4 rings (SSSR count). The van der Waals surface area contributed by atoms with Gasteiger partial charge in [0.05, 0.1) is 12.4 Å². The molecule has 1 amide bonds. The van der Waals surface area contributed by atoms with Gasteiger partial charge in [-0.3, -0.25) is 19.8 Å². The van der Waals surface area contributed by atoms with E-state index in [4.69, 9.17) is 16.3 Å². The van der Waals surface area contributed by atoms with Crippen molar-refractivity contribution in [3.8, 4) is 0 Å². The van der Waals surface area contributed by atoms with Crippen molar-refractivity contribution in [3.63, 3.8) is 0 Å². The number of ether oxygens (including phenoxy) is 1. The Morgan fingerprint density at radius 3 is 2.70 bits per heavy atom. The van der Waals surface area contributed by atoms with Gasteiger partial charge in [-0.25, -0.2) is 4.98 Å². The average Bonchev–Trinajstić information content (AvgIpc) is 3.10. The molecule has 0 aromatic carbocycles. The Balaban J connectivity index is 1.76. The summed E-state index contributed by atoms with van der Waals surface area (Å²) in [6.07, 6.45) is 10.2. The van der Waals surface area contributed by atoms with Gasteiger partial charge in [-0.2, -0.15) is 9.97 Å². The number of anilines is 1. The first kappa shape index (κ1) is 19.1. The molecule has 1 unspecified atom stereocenters. The number of rotatable bonds is 4. The molecule has 0 spiro atoms. The minimum Gasteiger partial charge on any atom is -0.358 e. The summed E-state index contributed by atoms with van der Waals surface area (Å²) in [5.74, 6) is 0.552. The van der Waals surface area contributed by atoms with Gasteiger partial charge in [0.2, 0.25) is 5.28 Å². The SMILES string of the molecule is O=C(I)NN(c1nc(Cl)nc2c1ncn2C1CCCCO1)C1CCCCC1. The highest BCUT2D eigenvalue weighted by Gasteiger charge is 2.28. The van der Waals surface area contributed by atoms with Crippen molar-refractivity contribution in [1.82, 2.24) is 24.9 Å². The number of hydrogen-bond donors (Lipinski definition) is 1. The van der Waals surface area contributed by atoms with Crippen LogP contribution in [0.5, 0.6) is 0 Å². The summed E-state index contributed by atoms with van der Waals surface area (Å²) >= 11 is 8.01. The van der Waals surface area contributed by atoms with Crippen LogP contribution in [-0.2, 0) is 4.74 Å². The molecule has 8 nitrogen and oxygen atoms in total. The Bertz CT molecular complexity index is 819. The fourth-order valence-corrected chi connectivity index (χ4v) is 4.37. The number of carbonyl (C=O) groups is 1. The molecular weight excluding hydrogens is 483 g/mol. The molecule has 3 heterocycles. The van der Waals surface area contributed by atoms with Crippen molar-refractivity contribution < 1.29 is 9.53 Å². The fourth-order valence-electron chi connectivity index (χ4n) is 3.95. The van der Waals surface area contributed by atoms with Gasteiger partial charge in [-0.1, -0.05) is 19.3 Å². The van der Waals surface area contributed by atoms with Crippen molar-refractivity contribution in [2.45, 2.75) is 63.6 Å². The Hall–Kier alpha value is -1.20. The Morgan fingerprint density at radius 2 is 2.00 bits per heavy atom. The predicted molar refractivity (Wildman–Crippen MR) is 111 cm³/mol. The molecule has 27 heavy (non-hydrogen) atoms. The first-order valence-corrected chi connectivity index (χ1v) is 10.9. The first-order chi connectivity index (χ1) is 13.1. The van der Waals surface area contributed by atoms with E-state index in [0.717, 1.165) is 51.6 Å². The number of aromatic nitrogens is 4. The number of hydrazine groups is 1. The van der Waals surface area contributed by atoms with Gasteiger partial charge in [0.15, 0.2) is 17.0 Å². The van der Waals surface area contributed by atoms with Gasteiger partial charge < -0.3 is 4.74 Å². The van der Waals surface area contributed by atoms with E-state index < -0.39 is 0 Å². The summed E-state index contributed by atoms with van der Waals surface area (Å²) in [4.78, 5) is 25.3. The standard InChI is InChI=1S/C17H22ClIN6O2/c18-16-21-14-13(20-10-24(14)12-8-4-5-9-27-12)15(22-16)25(23-17(19)26)11-6-2-1-3-7-11/h10-12H,1-9H2,(H,23,26). The highest BCUT2D eigenvalue weighted by Crippen LogP contribution is 2.32. The van der Waals surface area contributed by atoms with Gasteiger partial charge in [0.25, 0.3) is 3.91 Å². The number of nitrogens with one attached hydrogen (secondary N) is 1. The molecule has 2 fully saturated rings. The van der Waals surface area contributed by atoms with Crippen LogP contribution >= 0.6 is 34.2 Å². The third-order valence-electron chi connectivity index (χ3n) is 5.22. The second-order valence-electron chi connectivity index (χ2n) is 7.01. The fraction of sp³-hybridized carbons (Fsp3) is 0.647. The molecule has 0 radical (unpaired) electrons. The predicted octanol–water partition coefficient (Wildman–Crippen LogP) is 4.38. The zero-order chi connectivity index (χ0) is 18.8. The van der Waals surface area contributed by atoms with Crippen LogP contribution in [0.1, 0.15) is 57.6 Å². The zero-order valence-electron chi connectivity index (χ0n) is 14.9. The summed E-state index contributed by atoms with van der Waals surface area (Å²) in [7, 11) is 0. The molecule has 0 bridgehead atoms. The molecule has 1 saturated carbocycles. The Kier molecular flexibility index (Phi) is 5.98. The number of imidazole rings is 1. The molecule has 2 aromatic rings. The molecule has 146 valence electrons. The van der Waals surface area contributed by atoms with Gasteiger partial charge in [0, 0.05) is 29.2 Å². The summed E-state index contributed by atoms with van der Waals surface area (Å²) in [5, 5.41) is 1.97. The lowest BCUT2D eigenvalue weighted by molar-refractivity contribution is -0.0298. The number of halogens is 2. The smallest absolute Gasteiger partial charge is 0.299 e. The van der Waals surface area contributed by atoms with Gasteiger partial charge in [-0.15, -0.1) is 0 Å². The highest BCUT2D eigenvalue weighted by molar-refractivity contribution is 14.1. The maximum Gasteiger partial charge on any atom is 0.299 e. The van der Waals surface area contributed by atoms with E-state index in [9.17, 15) is 4.79 Å². The lowest BCUT2D eigenvalue weighted by Gasteiger charge is -2.34. The zero-order valence-corrected chi connectivity index (χ0v) is 17.8. The first-order valence-electron chi connectivity index (χ1n) is 9.40. The molecule has 1 saturated heterocycles. The number of nitrogens with zero attached hydrogens (tertiary/aromatic N) is 5. The van der Waals surface area contributed by atoms with Crippen molar-refractivity contribution in [3.05, 3.63) is 11.6 Å². The van der Waals surface area contributed by atoms with Crippen LogP contribution in [0.4, 0.5) is 10.6 Å². The molecule has 1 aliphatic carbocycles. The van der Waals surface area contributed by atoms with Gasteiger partial charge >= 0.3 is 0 Å². The minimum absolute atomic E-state index is 0.0927. The van der Waals surface area contributed by atoms with Crippen molar-refractivity contribution >= 4 is 55.1 Å². The number of fused-ring (bicyclic) bond motifs is 1. The monoisotopic (exact) mass is 504 g/mol. The van der Waals surface area contributed by atoms with E-state index in [0.29, 0.717) is 17.0 Å². The summed E-state index contributed by atoms with van der Waals surface area (Å²) in [6.45, 7) is 0.731. The van der Waals surface area contributed by atoms with E-state index in [1.807, 2.05) is 9.58 Å². The maximum absolute atomic E-state index is 11.9. The quantitative estimate of drug-likeness (QED) is 0.219. The van der Waals surface area contributed by atoms with Crippen LogP contribution in [0.3, 0.4) is 0 Å². The molecule has 1 aliphatic heterocycles. The third-order valence-corrected chi connectivity index (χ3v) is 5.63. The number of carbonyl (C=O) groups excluding carboxylic acids is 1. The van der Waals surface area contributed by atoms with Gasteiger partial charge in [-0.05, 0) is 43.7 Å². The van der Waals surface area contributed by atoms with E-state index in [1.54, 1.807) is 28.9 Å². The summed E-state index contributed by atoms with van der Waals surface area (Å²) < 4.78 is 7.64. The van der Waals surface area contributed by atoms with Crippen molar-refractivity contribution in [1.29, 1.82) is 0 Å². The Morgan fingerprint density at radius 1 is 1.22 bits per heavy atom. The molecule has 2 aliphatic rings. The lowest BCUT2D eigenvalue weighted by Crippen LogP contribution is -2.48. The molecule has 2 aromatic heterocycles. The second kappa shape index (κ2) is 8.44. The molecular formula is C17H22ClIN6O2. The molecule has 1 N–H and O–H groups in total. The van der Waals surface area contributed by atoms with E-state index in [1.165, 1.54) is 6.42 Å². The summed E-state index contributed by atoms with van der Waals surface area (Å²) in [5.41, 5.74) is 4.19. The summed E-state index contributed by atoms with van der Waals surface area (Å²) in [6, 6.07) is 0.169. The minimum atomic E-state index is -0.170. The topological polar surface area (TPSA) is 85.2 Å². The lowest BCUT2D eigenvalue weighted by atomic mass is 9.95. The second-order valence-corrected chi connectivity index (χ2v) is 8.33. The molecule has 1 atom stereocenters. The van der Waals surface area contributed by atoms with Gasteiger partial charge in [0.1, 0.15) is 6.23 Å². The van der Waals surface area contributed by atoms with Crippen LogP contribution in [0.15, 0.2) is 6.33 Å². The average molecular weight is 505 g/mol. The normalized spacial score (nSPS) is 21.3. The van der Waals surface area contributed by atoms with Crippen LogP contribution in [-0.4, -0.2) is 36.1 Å². The van der Waals surface area contributed by atoms with E-state index in [2.05, 4.69) is 20.4 Å². The van der Waals surface area contributed by atoms with Crippen molar-refractivity contribution in [2.24, 2.45) is 0 Å². The van der Waals surface area contributed by atoms with Crippen molar-refractivity contribution in [2.75, 3.05) is 11.6 Å². The van der Waals surface area contributed by atoms with Crippen LogP contribution in [0, 0.1) is 0 Å². The van der Waals surface area contributed by atoms with Crippen LogP contribution < -0.4 is 10.4 Å². The van der Waals surface area contributed by atoms with Crippen LogP contribution in [0.25, 0.3) is 11.2 Å². The van der Waals surface area contributed by atoms with E-state index in [-0.39, 0.29) is 21.5 Å². The number of amides is 1. The van der Waals surface area contributed by atoms with Crippen LogP contribution in [0.2, 0.25) is 5.28 Å². The number of hydrogen-bond acceptors (Lipinski definition) is 6. The third kappa shape index (κ3) is 4.14. The Labute approximate surface area is 176 Å². The maximum atomic E-state index is 11.9. The molecule has 10 heteroatoms. The van der Waals surface area contributed by atoms with E-state index >= 15 is 0 Å². The highest BCUT2D eigenvalue weighted by atomic mass is 127. The largest absolute Gasteiger partial charge is 0.358 e.